The van der Waals surface area contributed by atoms with Crippen molar-refractivity contribution in [1.29, 1.82) is 5.26 Å². The molecule has 4 amide bonds. The highest BCUT2D eigenvalue weighted by Crippen LogP contribution is 2.35. The van der Waals surface area contributed by atoms with E-state index in [2.05, 4.69) is 26.5 Å². The van der Waals surface area contributed by atoms with Crippen LogP contribution in [0.15, 0.2) is 53.7 Å². The first-order valence-electron chi connectivity index (χ1n) is 17.4. The third kappa shape index (κ3) is 8.97. The molecule has 0 radical (unpaired) electrons. The summed E-state index contributed by atoms with van der Waals surface area (Å²) in [5.41, 5.74) is 1.67. The topological polar surface area (TPSA) is 127 Å². The van der Waals surface area contributed by atoms with E-state index in [1.54, 1.807) is 0 Å². The van der Waals surface area contributed by atoms with Crippen molar-refractivity contribution >= 4 is 23.7 Å². The molecule has 5 rings (SSSR count). The number of imide groups is 1. The van der Waals surface area contributed by atoms with Crippen LogP contribution in [0.5, 0.6) is 0 Å². The Kier molecular flexibility index (Phi) is 14.1. The lowest BCUT2D eigenvalue weighted by atomic mass is 9.90. The summed E-state index contributed by atoms with van der Waals surface area (Å²) in [7, 11) is 2.51. The molecule has 0 aromatic heterocycles. The summed E-state index contributed by atoms with van der Waals surface area (Å²) in [6, 6.07) is 10.5. The number of piperidine rings is 2. The second-order valence-corrected chi connectivity index (χ2v) is 12.4. The lowest BCUT2D eigenvalue weighted by molar-refractivity contribution is -0.137. The number of ether oxygens (including phenoxy) is 2. The maximum absolute atomic E-state index is 14.3. The van der Waals surface area contributed by atoms with Gasteiger partial charge in [-0.1, -0.05) is 32.0 Å². The smallest absolute Gasteiger partial charge is 0.338 e. The fourth-order valence-corrected chi connectivity index (χ4v) is 7.13. The molecule has 3 heterocycles. The number of nitriles is 1. The molecule has 3 aliphatic rings. The van der Waals surface area contributed by atoms with Crippen LogP contribution in [0.2, 0.25) is 0 Å². The maximum atomic E-state index is 14.3. The van der Waals surface area contributed by atoms with E-state index < -0.39 is 35.7 Å². The molecule has 270 valence electrons. The molecule has 2 saturated heterocycles. The molecule has 1 unspecified atom stereocenters. The van der Waals surface area contributed by atoms with Crippen LogP contribution in [0, 0.1) is 28.9 Å². The van der Waals surface area contributed by atoms with Crippen LogP contribution in [0.4, 0.5) is 24.1 Å². The average Bonchev–Trinajstić information content (AvgIpc) is 3.15. The molecular weight excluding hydrogens is 646 g/mol. The Morgan fingerprint density at radius 3 is 2.46 bits per heavy atom. The molecule has 2 aromatic rings. The minimum atomic E-state index is -1.38. The van der Waals surface area contributed by atoms with Gasteiger partial charge in [-0.3, -0.25) is 4.90 Å². The molecule has 0 spiro atoms. The lowest BCUT2D eigenvalue weighted by Gasteiger charge is -2.43. The number of nitrogens with one attached hydrogen (secondary N) is 2. The number of urea groups is 2. The van der Waals surface area contributed by atoms with Crippen LogP contribution >= 0.6 is 0 Å². The molecule has 0 saturated carbocycles. The summed E-state index contributed by atoms with van der Waals surface area (Å²) in [4.78, 5) is 45.3. The summed E-state index contributed by atoms with van der Waals surface area (Å²) >= 11 is 0. The highest BCUT2D eigenvalue weighted by Gasteiger charge is 2.43. The van der Waals surface area contributed by atoms with Crippen LogP contribution < -0.4 is 15.5 Å². The van der Waals surface area contributed by atoms with Gasteiger partial charge in [0, 0.05) is 39.3 Å². The van der Waals surface area contributed by atoms with Crippen molar-refractivity contribution in [2.75, 3.05) is 58.5 Å². The maximum Gasteiger partial charge on any atom is 0.338 e. The molecular formula is C37H48F2N6O5. The van der Waals surface area contributed by atoms with E-state index >= 15 is 0 Å². The number of hydrogen-bond acceptors (Lipinski definition) is 8. The number of methoxy groups -OCH3 is 2. The standard InChI is InChI=1S/C35H42F2N6O5.C2H6/c1-47-22-29-31(33(44)48-2)32(24-11-12-27(36)28(37)19-24)43(35(46)40-29)34(45)39-15-5-7-23-8-6-16-42(21-23)26-13-17-41(18-14-26)30-10-4-3-9-25(30)20-38;1-2/h3-4,9-12,19,23,26,32H,5-8,13-18,21-22H2,1-2H3,(H,39,45)(H,40,46);1-2H3/t23?,32-;/m0./s1. The van der Waals surface area contributed by atoms with Crippen LogP contribution in [0.3, 0.4) is 0 Å². The molecule has 2 N–H and O–H groups in total. The van der Waals surface area contributed by atoms with E-state index in [1.165, 1.54) is 13.2 Å². The van der Waals surface area contributed by atoms with Gasteiger partial charge in [-0.2, -0.15) is 5.26 Å². The van der Waals surface area contributed by atoms with E-state index in [0.717, 1.165) is 88.1 Å². The van der Waals surface area contributed by atoms with Crippen molar-refractivity contribution < 1.29 is 32.6 Å². The number of rotatable bonds is 10. The van der Waals surface area contributed by atoms with Gasteiger partial charge >= 0.3 is 18.0 Å². The Bertz CT molecular complexity index is 1570. The predicted molar refractivity (Wildman–Crippen MR) is 185 cm³/mol. The van der Waals surface area contributed by atoms with Crippen molar-refractivity contribution in [3.8, 4) is 6.07 Å². The number of benzene rings is 2. The molecule has 0 aliphatic carbocycles. The van der Waals surface area contributed by atoms with Crippen molar-refractivity contribution in [2.24, 2.45) is 5.92 Å². The molecule has 3 aliphatic heterocycles. The lowest BCUT2D eigenvalue weighted by Crippen LogP contribution is -2.55. The Morgan fingerprint density at radius 1 is 1.04 bits per heavy atom. The van der Waals surface area contributed by atoms with Crippen molar-refractivity contribution in [1.82, 2.24) is 20.4 Å². The number of nitrogens with zero attached hydrogens (tertiary/aromatic N) is 4. The van der Waals surface area contributed by atoms with Crippen LogP contribution in [-0.4, -0.2) is 87.4 Å². The normalized spacial score (nSPS) is 20.0. The molecule has 13 heteroatoms. The van der Waals surface area contributed by atoms with Gasteiger partial charge in [-0.15, -0.1) is 0 Å². The van der Waals surface area contributed by atoms with E-state index in [9.17, 15) is 28.4 Å². The molecule has 2 fully saturated rings. The Hall–Kier alpha value is -4.54. The molecule has 2 atom stereocenters. The quantitative estimate of drug-likeness (QED) is 0.234. The fraction of sp³-hybridized carbons (Fsp3) is 0.514. The highest BCUT2D eigenvalue weighted by molar-refractivity contribution is 6.01. The largest absolute Gasteiger partial charge is 0.466 e. The van der Waals surface area contributed by atoms with E-state index in [4.69, 9.17) is 9.47 Å². The third-order valence-corrected chi connectivity index (χ3v) is 9.47. The summed E-state index contributed by atoms with van der Waals surface area (Å²) in [6.07, 6.45) is 5.83. The fourth-order valence-electron chi connectivity index (χ4n) is 7.13. The highest BCUT2D eigenvalue weighted by atomic mass is 19.2. The summed E-state index contributed by atoms with van der Waals surface area (Å²) in [5.74, 6) is -2.68. The first-order chi connectivity index (χ1) is 24.2. The second kappa shape index (κ2) is 18.5. The molecule has 50 heavy (non-hydrogen) atoms. The average molecular weight is 695 g/mol. The molecule has 0 bridgehead atoms. The van der Waals surface area contributed by atoms with Crippen LogP contribution in [0.25, 0.3) is 0 Å². The van der Waals surface area contributed by atoms with Gasteiger partial charge in [0.2, 0.25) is 0 Å². The number of halogens is 2. The number of para-hydroxylation sites is 1. The van der Waals surface area contributed by atoms with Crippen molar-refractivity contribution in [3.05, 3.63) is 76.5 Å². The van der Waals surface area contributed by atoms with E-state index in [1.807, 2.05) is 38.1 Å². The summed E-state index contributed by atoms with van der Waals surface area (Å²) < 4.78 is 38.2. The Morgan fingerprint density at radius 2 is 1.78 bits per heavy atom. The molecule has 11 nitrogen and oxygen atoms in total. The van der Waals surface area contributed by atoms with Gasteiger partial charge in [0.05, 0.1) is 36.2 Å². The second-order valence-electron chi connectivity index (χ2n) is 12.4. The van der Waals surface area contributed by atoms with Gasteiger partial charge in [-0.25, -0.2) is 28.1 Å². The number of carbonyl (C=O) groups excluding carboxylic acids is 3. The van der Waals surface area contributed by atoms with Gasteiger partial charge in [0.15, 0.2) is 11.6 Å². The summed E-state index contributed by atoms with van der Waals surface area (Å²) in [6.45, 7) is 7.96. The monoisotopic (exact) mass is 694 g/mol. The minimum Gasteiger partial charge on any atom is -0.466 e. The van der Waals surface area contributed by atoms with E-state index in [0.29, 0.717) is 23.9 Å². The summed E-state index contributed by atoms with van der Waals surface area (Å²) in [5, 5.41) is 14.8. The third-order valence-electron chi connectivity index (χ3n) is 9.47. The molecule has 2 aromatic carbocycles. The zero-order valence-electron chi connectivity index (χ0n) is 29.3. The first-order valence-corrected chi connectivity index (χ1v) is 17.4. The first kappa shape index (κ1) is 38.3. The number of amides is 4. The van der Waals surface area contributed by atoms with E-state index in [-0.39, 0.29) is 30.0 Å². The van der Waals surface area contributed by atoms with Crippen LogP contribution in [0.1, 0.15) is 69.5 Å². The number of esters is 1. The number of carbonyl (C=O) groups is 3. The number of anilines is 1. The van der Waals surface area contributed by atoms with Crippen molar-refractivity contribution in [2.45, 2.75) is 64.5 Å². The SMILES string of the molecule is CC.COCC1=C(C(=O)OC)[C@H](c2ccc(F)c(F)c2)N(C(=O)NCCCC2CCCN(C3CCN(c4ccccc4C#N)CC3)C2)C(=O)N1. The minimum absolute atomic E-state index is 0.0234. The predicted octanol–water partition coefficient (Wildman–Crippen LogP) is 5.87. The number of likely N-dealkylation sites (tertiary alicyclic amines) is 1. The zero-order valence-corrected chi connectivity index (χ0v) is 29.3. The van der Waals surface area contributed by atoms with Crippen molar-refractivity contribution in [3.63, 3.8) is 0 Å². The van der Waals surface area contributed by atoms with Gasteiger partial charge < -0.3 is 25.0 Å². The van der Waals surface area contributed by atoms with Gasteiger partial charge in [0.25, 0.3) is 0 Å². The Balaban J connectivity index is 0.00000276. The Labute approximate surface area is 293 Å². The van der Waals surface area contributed by atoms with Gasteiger partial charge in [0.1, 0.15) is 12.1 Å². The zero-order chi connectivity index (χ0) is 36.2. The van der Waals surface area contributed by atoms with Crippen LogP contribution in [-0.2, 0) is 14.3 Å². The number of hydrogen-bond donors (Lipinski definition) is 2. The van der Waals surface area contributed by atoms with Gasteiger partial charge in [-0.05, 0) is 80.8 Å².